The third-order valence-corrected chi connectivity index (χ3v) is 7.50. The average Bonchev–Trinajstić information content (AvgIpc) is 3.37. The van der Waals surface area contributed by atoms with Gasteiger partial charge in [-0.25, -0.2) is 14.8 Å². The predicted molar refractivity (Wildman–Crippen MR) is 119 cm³/mol. The lowest BCUT2D eigenvalue weighted by molar-refractivity contribution is -0.153. The fourth-order valence-electron chi connectivity index (χ4n) is 5.04. The van der Waals surface area contributed by atoms with E-state index in [4.69, 9.17) is 4.74 Å². The largest absolute Gasteiger partial charge is 0.468 e. The number of alkyl halides is 3. The van der Waals surface area contributed by atoms with Crippen LogP contribution in [0.5, 0.6) is 0 Å². The summed E-state index contributed by atoms with van der Waals surface area (Å²) < 4.78 is 43.6. The van der Waals surface area contributed by atoms with Gasteiger partial charge in [-0.15, -0.1) is 11.3 Å². The molecule has 0 amide bonds. The van der Waals surface area contributed by atoms with Crippen LogP contribution in [0.4, 0.5) is 19.0 Å². The minimum Gasteiger partial charge on any atom is -0.468 e. The van der Waals surface area contributed by atoms with E-state index in [-0.39, 0.29) is 16.3 Å². The molecule has 4 heterocycles. The van der Waals surface area contributed by atoms with Crippen LogP contribution in [0, 0.1) is 5.41 Å². The van der Waals surface area contributed by atoms with Crippen LogP contribution in [-0.2, 0) is 16.0 Å². The molecule has 5 rings (SSSR count). The van der Waals surface area contributed by atoms with Crippen LogP contribution in [0.15, 0.2) is 42.7 Å². The number of methoxy groups -OCH3 is 1. The Kier molecular flexibility index (Phi) is 5.52. The van der Waals surface area contributed by atoms with Crippen molar-refractivity contribution in [3.63, 3.8) is 0 Å². The monoisotopic (exact) mass is 476 g/mol. The van der Waals surface area contributed by atoms with Gasteiger partial charge in [0.15, 0.2) is 0 Å². The highest BCUT2D eigenvalue weighted by Gasteiger charge is 2.51. The van der Waals surface area contributed by atoms with E-state index in [1.807, 2.05) is 30.3 Å². The van der Waals surface area contributed by atoms with Gasteiger partial charge >= 0.3 is 12.1 Å². The van der Waals surface area contributed by atoms with Gasteiger partial charge in [-0.05, 0) is 18.1 Å². The maximum Gasteiger partial charge on any atom is 0.393 e. The number of carbonyl (C=O) groups excluding carboxylic acids is 1. The van der Waals surface area contributed by atoms with Crippen molar-refractivity contribution < 1.29 is 22.7 Å². The minimum absolute atomic E-state index is 0.0170. The molecule has 10 heteroatoms. The van der Waals surface area contributed by atoms with Crippen molar-refractivity contribution in [3.05, 3.63) is 53.2 Å². The van der Waals surface area contributed by atoms with Crippen LogP contribution in [0.1, 0.15) is 22.9 Å². The Morgan fingerprint density at radius 3 is 2.67 bits per heavy atom. The van der Waals surface area contributed by atoms with Gasteiger partial charge in [-0.1, -0.05) is 30.3 Å². The maximum atomic E-state index is 12.9. The fourth-order valence-corrected chi connectivity index (χ4v) is 6.07. The number of hydrogen-bond acceptors (Lipinski definition) is 7. The van der Waals surface area contributed by atoms with Crippen molar-refractivity contribution in [1.82, 2.24) is 14.9 Å². The van der Waals surface area contributed by atoms with Gasteiger partial charge in [0.25, 0.3) is 0 Å². The summed E-state index contributed by atoms with van der Waals surface area (Å²) in [5.41, 5.74) is 0.922. The average molecular weight is 477 g/mol. The normalized spacial score (nSPS) is 19.1. The molecular weight excluding hydrogens is 453 g/mol. The fraction of sp³-hybridized carbons (Fsp3) is 0.435. The van der Waals surface area contributed by atoms with Crippen LogP contribution in [0.25, 0.3) is 10.2 Å². The van der Waals surface area contributed by atoms with E-state index in [0.717, 1.165) is 49.5 Å². The molecule has 1 spiro atoms. The summed E-state index contributed by atoms with van der Waals surface area (Å²) in [7, 11) is 1.40. The number of esters is 1. The number of rotatable bonds is 5. The van der Waals surface area contributed by atoms with Crippen molar-refractivity contribution in [2.24, 2.45) is 5.41 Å². The molecule has 6 nitrogen and oxygen atoms in total. The summed E-state index contributed by atoms with van der Waals surface area (Å²) in [6.45, 7) is 2.99. The van der Waals surface area contributed by atoms with Crippen molar-refractivity contribution >= 4 is 33.3 Å². The molecule has 2 saturated heterocycles. The Labute approximate surface area is 193 Å². The number of hydrogen-bond donors (Lipinski definition) is 0. The second-order valence-corrected chi connectivity index (χ2v) is 9.95. The number of thiophene rings is 1. The summed E-state index contributed by atoms with van der Waals surface area (Å²) in [5.74, 6) is 0.409. The molecule has 0 bridgehead atoms. The Morgan fingerprint density at radius 1 is 1.21 bits per heavy atom. The first-order valence-electron chi connectivity index (χ1n) is 10.7. The lowest BCUT2D eigenvalue weighted by atomic mass is 9.77. The van der Waals surface area contributed by atoms with Crippen LogP contribution in [-0.4, -0.2) is 60.3 Å². The van der Waals surface area contributed by atoms with Gasteiger partial charge in [0.05, 0.1) is 18.9 Å². The molecule has 33 heavy (non-hydrogen) atoms. The van der Waals surface area contributed by atoms with Crippen molar-refractivity contribution in [2.45, 2.75) is 25.1 Å². The predicted octanol–water partition coefficient (Wildman–Crippen LogP) is 4.22. The zero-order chi connectivity index (χ0) is 23.2. The number of likely N-dealkylation sites (tertiary alicyclic amines) is 1. The van der Waals surface area contributed by atoms with Gasteiger partial charge in [0, 0.05) is 36.5 Å². The van der Waals surface area contributed by atoms with Crippen LogP contribution in [0.2, 0.25) is 0 Å². The van der Waals surface area contributed by atoms with E-state index in [2.05, 4.69) is 19.8 Å². The lowest BCUT2D eigenvalue weighted by Crippen LogP contribution is -2.59. The highest BCUT2D eigenvalue weighted by molar-refractivity contribution is 7.18. The summed E-state index contributed by atoms with van der Waals surface area (Å²) >= 11 is 1.07. The van der Waals surface area contributed by atoms with Crippen LogP contribution < -0.4 is 4.90 Å². The molecule has 1 unspecified atom stereocenters. The van der Waals surface area contributed by atoms with E-state index in [0.29, 0.717) is 16.0 Å². The van der Waals surface area contributed by atoms with E-state index in [9.17, 15) is 18.0 Å². The smallest absolute Gasteiger partial charge is 0.393 e. The Morgan fingerprint density at radius 2 is 1.97 bits per heavy atom. The number of fused-ring (bicyclic) bond motifs is 1. The number of halogens is 3. The molecule has 2 aromatic heterocycles. The van der Waals surface area contributed by atoms with Gasteiger partial charge in [-0.2, -0.15) is 13.2 Å². The highest BCUT2D eigenvalue weighted by Crippen LogP contribution is 2.45. The molecule has 0 aliphatic carbocycles. The Balaban J connectivity index is 1.33. The second kappa shape index (κ2) is 8.25. The van der Waals surface area contributed by atoms with E-state index in [1.165, 1.54) is 13.4 Å². The first-order valence-corrected chi connectivity index (χ1v) is 11.5. The molecule has 0 saturated carbocycles. The van der Waals surface area contributed by atoms with Crippen LogP contribution >= 0.6 is 11.3 Å². The third kappa shape index (κ3) is 4.29. The molecule has 0 radical (unpaired) electrons. The van der Waals surface area contributed by atoms with Crippen molar-refractivity contribution in [3.8, 4) is 0 Å². The highest BCUT2D eigenvalue weighted by atomic mass is 32.1. The molecule has 0 N–H and O–H groups in total. The number of carbonyl (C=O) groups is 1. The molecule has 3 aromatic rings. The molecule has 2 fully saturated rings. The van der Waals surface area contributed by atoms with Gasteiger partial charge in [0.2, 0.25) is 0 Å². The van der Waals surface area contributed by atoms with Gasteiger partial charge in [-0.3, -0.25) is 4.90 Å². The molecular formula is C23H23F3N4O2S. The first-order chi connectivity index (χ1) is 15.8. The molecule has 1 atom stereocenters. The van der Waals surface area contributed by atoms with Crippen LogP contribution in [0.3, 0.4) is 0 Å². The number of benzene rings is 1. The molecule has 174 valence electrons. The first kappa shape index (κ1) is 22.1. The summed E-state index contributed by atoms with van der Waals surface area (Å²) in [6, 6.07) is 10.7. The minimum atomic E-state index is -4.25. The molecule has 1 aromatic carbocycles. The Hall–Kier alpha value is -2.72. The third-order valence-electron chi connectivity index (χ3n) is 6.45. The standard InChI is InChI=1S/C23H23F3N4O2S/c1-32-21(31)18(15-5-3-2-4-6-15)30-12-22(13-30)7-8-29(11-22)19-17-9-16(10-23(24,25)26)33-20(17)28-14-27-19/h2-6,9,14,18H,7-8,10-13H2,1H3. The number of ether oxygens (including phenoxy) is 1. The lowest BCUT2D eigenvalue weighted by Gasteiger charge is -2.50. The van der Waals surface area contributed by atoms with E-state index in [1.54, 1.807) is 6.07 Å². The zero-order valence-electron chi connectivity index (χ0n) is 18.0. The topological polar surface area (TPSA) is 58.6 Å². The van der Waals surface area contributed by atoms with E-state index >= 15 is 0 Å². The number of anilines is 1. The SMILES string of the molecule is COC(=O)C(c1ccccc1)N1CC2(CCN(c3ncnc4sc(CC(F)(F)F)cc34)C2)C1. The maximum absolute atomic E-state index is 12.9. The van der Waals surface area contributed by atoms with E-state index < -0.39 is 18.6 Å². The van der Waals surface area contributed by atoms with Gasteiger partial charge < -0.3 is 9.64 Å². The molecule has 2 aliphatic heterocycles. The Bertz CT molecular complexity index is 1160. The summed E-state index contributed by atoms with van der Waals surface area (Å²) in [6.07, 6.45) is -2.86. The second-order valence-electron chi connectivity index (χ2n) is 8.83. The molecule has 2 aliphatic rings. The zero-order valence-corrected chi connectivity index (χ0v) is 18.8. The van der Waals surface area contributed by atoms with Crippen molar-refractivity contribution in [1.29, 1.82) is 0 Å². The summed E-state index contributed by atoms with van der Waals surface area (Å²) in [5, 5.41) is 0.673. The summed E-state index contributed by atoms with van der Waals surface area (Å²) in [4.78, 5) is 26.2. The number of nitrogens with zero attached hydrogens (tertiary/aromatic N) is 4. The number of aromatic nitrogens is 2. The quantitative estimate of drug-likeness (QED) is 0.514. The van der Waals surface area contributed by atoms with Gasteiger partial charge in [0.1, 0.15) is 23.0 Å². The van der Waals surface area contributed by atoms with Crippen molar-refractivity contribution in [2.75, 3.05) is 38.2 Å².